The lowest BCUT2D eigenvalue weighted by Gasteiger charge is -2.18. The molecule has 0 saturated carbocycles. The van der Waals surface area contributed by atoms with Crippen LogP contribution in [-0.4, -0.2) is 17.7 Å². The van der Waals surface area contributed by atoms with Gasteiger partial charge in [-0.3, -0.25) is 5.84 Å². The molecule has 0 aliphatic carbocycles. The highest BCUT2D eigenvalue weighted by atomic mass is 32.2. The molecular formula is C16H18F3N3OS. The fourth-order valence-electron chi connectivity index (χ4n) is 1.99. The number of methoxy groups -OCH3 is 1. The molecule has 0 bridgehead atoms. The van der Waals surface area contributed by atoms with Crippen LogP contribution in [-0.2, 0) is 13.1 Å². The van der Waals surface area contributed by atoms with Crippen molar-refractivity contribution in [3.63, 3.8) is 0 Å². The summed E-state index contributed by atoms with van der Waals surface area (Å²) >= 11 is -0.132. The molecule has 0 fully saturated rings. The number of nitrogens with one attached hydrogen (secondary N) is 1. The van der Waals surface area contributed by atoms with E-state index in [0.717, 1.165) is 16.9 Å². The lowest BCUT2D eigenvalue weighted by Crippen LogP contribution is -2.42. The Labute approximate surface area is 142 Å². The Bertz CT molecular complexity index is 633. The van der Waals surface area contributed by atoms with Crippen LogP contribution < -0.4 is 16.0 Å². The van der Waals surface area contributed by atoms with Crippen LogP contribution in [0.3, 0.4) is 0 Å². The average molecular weight is 357 g/mol. The number of ether oxygens (including phenoxy) is 1. The summed E-state index contributed by atoms with van der Waals surface area (Å²) in [5.41, 5.74) is 0.588. The number of thioether (sulfide) groups is 1. The van der Waals surface area contributed by atoms with E-state index in [1.165, 1.54) is 17.3 Å². The van der Waals surface area contributed by atoms with E-state index in [2.05, 4.69) is 5.43 Å². The van der Waals surface area contributed by atoms with Gasteiger partial charge in [-0.15, -0.1) is 0 Å². The summed E-state index contributed by atoms with van der Waals surface area (Å²) in [6.45, 7) is 0.898. The average Bonchev–Trinajstić information content (AvgIpc) is 2.54. The van der Waals surface area contributed by atoms with Crippen molar-refractivity contribution in [2.24, 2.45) is 5.84 Å². The van der Waals surface area contributed by atoms with E-state index in [0.29, 0.717) is 13.1 Å². The highest BCUT2D eigenvalue weighted by molar-refractivity contribution is 8.00. The lowest BCUT2D eigenvalue weighted by molar-refractivity contribution is -0.0328. The third kappa shape index (κ3) is 6.40. The highest BCUT2D eigenvalue weighted by Gasteiger charge is 2.28. The maximum atomic E-state index is 12.3. The zero-order chi connectivity index (χ0) is 17.6. The van der Waals surface area contributed by atoms with Crippen molar-refractivity contribution in [1.29, 1.82) is 0 Å². The van der Waals surface area contributed by atoms with Crippen LogP contribution in [0, 0.1) is 0 Å². The maximum Gasteiger partial charge on any atom is 0.446 e. The minimum absolute atomic E-state index is 0.132. The standard InChI is InChI=1S/C16H18F3N3OS/c1-23-14-6-2-12(3-7-14)10-21-22(20)11-13-4-8-15(9-5-13)24-16(17,18)19/h2-9,21H,10-11,20H2,1H3. The molecule has 4 nitrogen and oxygen atoms in total. The monoisotopic (exact) mass is 357 g/mol. The second-order valence-electron chi connectivity index (χ2n) is 5.00. The topological polar surface area (TPSA) is 50.5 Å². The largest absolute Gasteiger partial charge is 0.497 e. The third-order valence-electron chi connectivity index (χ3n) is 3.16. The van der Waals surface area contributed by atoms with Crippen LogP contribution in [0.2, 0.25) is 0 Å². The number of halogens is 3. The molecule has 24 heavy (non-hydrogen) atoms. The Morgan fingerprint density at radius 2 is 1.62 bits per heavy atom. The molecule has 8 heteroatoms. The predicted octanol–water partition coefficient (Wildman–Crippen LogP) is 3.69. The Kier molecular flexibility index (Phi) is 6.50. The molecule has 2 aromatic carbocycles. The van der Waals surface area contributed by atoms with E-state index in [-0.39, 0.29) is 16.7 Å². The first-order chi connectivity index (χ1) is 11.4. The van der Waals surface area contributed by atoms with E-state index < -0.39 is 5.51 Å². The highest BCUT2D eigenvalue weighted by Crippen LogP contribution is 2.36. The van der Waals surface area contributed by atoms with E-state index in [9.17, 15) is 13.2 Å². The number of nitrogens with two attached hydrogens (primary N) is 1. The Hall–Kier alpha value is -1.74. The Morgan fingerprint density at radius 1 is 1.04 bits per heavy atom. The van der Waals surface area contributed by atoms with Crippen LogP contribution >= 0.6 is 11.8 Å². The number of hydrazine groups is 2. The van der Waals surface area contributed by atoms with Crippen molar-refractivity contribution in [3.8, 4) is 5.75 Å². The quantitative estimate of drug-likeness (QED) is 0.450. The number of rotatable bonds is 7. The minimum atomic E-state index is -4.28. The molecule has 0 aromatic heterocycles. The molecule has 0 heterocycles. The number of nitrogens with zero attached hydrogens (tertiary/aromatic N) is 1. The second-order valence-corrected chi connectivity index (χ2v) is 6.14. The number of benzene rings is 2. The number of alkyl halides is 3. The van der Waals surface area contributed by atoms with Crippen molar-refractivity contribution in [3.05, 3.63) is 59.7 Å². The summed E-state index contributed by atoms with van der Waals surface area (Å²) < 4.78 is 41.9. The van der Waals surface area contributed by atoms with Crippen LogP contribution in [0.4, 0.5) is 13.2 Å². The van der Waals surface area contributed by atoms with E-state index in [4.69, 9.17) is 10.6 Å². The fourth-order valence-corrected chi connectivity index (χ4v) is 2.52. The van der Waals surface area contributed by atoms with Gasteiger partial charge in [0, 0.05) is 11.4 Å². The third-order valence-corrected chi connectivity index (χ3v) is 3.89. The van der Waals surface area contributed by atoms with Gasteiger partial charge in [-0.05, 0) is 47.2 Å². The normalized spacial score (nSPS) is 11.8. The van der Waals surface area contributed by atoms with Gasteiger partial charge in [0.15, 0.2) is 0 Å². The molecular weight excluding hydrogens is 339 g/mol. The fraction of sp³-hybridized carbons (Fsp3) is 0.250. The Balaban J connectivity index is 1.82. The van der Waals surface area contributed by atoms with Crippen molar-refractivity contribution in [2.75, 3.05) is 7.11 Å². The first-order valence-corrected chi connectivity index (χ1v) is 7.91. The minimum Gasteiger partial charge on any atom is -0.497 e. The molecule has 0 spiro atoms. The predicted molar refractivity (Wildman–Crippen MR) is 87.9 cm³/mol. The molecule has 0 aliphatic rings. The SMILES string of the molecule is COc1ccc(CNN(N)Cc2ccc(SC(F)(F)F)cc2)cc1. The summed E-state index contributed by atoms with van der Waals surface area (Å²) in [4.78, 5) is 0.154. The van der Waals surface area contributed by atoms with Crippen molar-refractivity contribution >= 4 is 11.8 Å². The molecule has 0 amide bonds. The molecule has 0 aliphatic heterocycles. The van der Waals surface area contributed by atoms with Crippen LogP contribution in [0.1, 0.15) is 11.1 Å². The second kappa shape index (κ2) is 8.39. The molecule has 2 aromatic rings. The molecule has 130 valence electrons. The number of hydrogen-bond donors (Lipinski definition) is 2. The molecule has 2 rings (SSSR count). The van der Waals surface area contributed by atoms with E-state index >= 15 is 0 Å². The van der Waals surface area contributed by atoms with E-state index in [1.807, 2.05) is 24.3 Å². The van der Waals surface area contributed by atoms with Gasteiger partial charge < -0.3 is 4.74 Å². The van der Waals surface area contributed by atoms with Gasteiger partial charge >= 0.3 is 5.51 Å². The van der Waals surface area contributed by atoms with Gasteiger partial charge in [-0.25, -0.2) is 5.43 Å². The van der Waals surface area contributed by atoms with Gasteiger partial charge in [-0.1, -0.05) is 24.3 Å². The molecule has 0 atom stereocenters. The lowest BCUT2D eigenvalue weighted by atomic mass is 10.2. The smallest absolute Gasteiger partial charge is 0.446 e. The van der Waals surface area contributed by atoms with Gasteiger partial charge in [0.05, 0.1) is 13.7 Å². The van der Waals surface area contributed by atoms with Crippen molar-refractivity contribution in [2.45, 2.75) is 23.5 Å². The zero-order valence-electron chi connectivity index (χ0n) is 13.0. The van der Waals surface area contributed by atoms with Gasteiger partial charge in [0.1, 0.15) is 5.75 Å². The van der Waals surface area contributed by atoms with Crippen LogP contribution in [0.5, 0.6) is 5.75 Å². The van der Waals surface area contributed by atoms with Crippen LogP contribution in [0.15, 0.2) is 53.4 Å². The van der Waals surface area contributed by atoms with Gasteiger partial charge in [0.2, 0.25) is 0 Å². The first-order valence-electron chi connectivity index (χ1n) is 7.09. The van der Waals surface area contributed by atoms with Crippen molar-refractivity contribution < 1.29 is 17.9 Å². The summed E-state index contributed by atoms with van der Waals surface area (Å²) in [6.07, 6.45) is 0. The summed E-state index contributed by atoms with van der Waals surface area (Å²) in [5, 5.41) is 1.40. The van der Waals surface area contributed by atoms with E-state index in [1.54, 1.807) is 19.2 Å². The van der Waals surface area contributed by atoms with Gasteiger partial charge in [-0.2, -0.15) is 18.3 Å². The zero-order valence-corrected chi connectivity index (χ0v) is 13.8. The molecule has 0 unspecified atom stereocenters. The Morgan fingerprint density at radius 3 is 2.17 bits per heavy atom. The number of hydrogen-bond acceptors (Lipinski definition) is 5. The molecule has 0 radical (unpaired) electrons. The van der Waals surface area contributed by atoms with Crippen LogP contribution in [0.25, 0.3) is 0 Å². The van der Waals surface area contributed by atoms with Crippen molar-refractivity contribution in [1.82, 2.24) is 10.5 Å². The summed E-state index contributed by atoms with van der Waals surface area (Å²) in [5.74, 6) is 6.64. The summed E-state index contributed by atoms with van der Waals surface area (Å²) in [6, 6.07) is 13.7. The maximum absolute atomic E-state index is 12.3. The molecule has 0 saturated heterocycles. The first kappa shape index (κ1) is 18.6. The van der Waals surface area contributed by atoms with Gasteiger partial charge in [0.25, 0.3) is 0 Å². The molecule has 3 N–H and O–H groups in total. The summed E-state index contributed by atoms with van der Waals surface area (Å²) in [7, 11) is 1.60.